The molecule has 4 heteroatoms. The van der Waals surface area contributed by atoms with Gasteiger partial charge in [-0.05, 0) is 62.5 Å². The Balaban J connectivity index is 1.58. The molecule has 0 N–H and O–H groups in total. The van der Waals surface area contributed by atoms with Crippen molar-refractivity contribution in [2.75, 3.05) is 33.7 Å². The Bertz CT molecular complexity index is 555. The molecule has 118 valence electrons. The number of hydrogen-bond donors (Lipinski definition) is 0. The van der Waals surface area contributed by atoms with E-state index in [-0.39, 0.29) is 0 Å². The molecule has 1 aliphatic rings. The molecule has 0 saturated carbocycles. The Hall–Kier alpha value is -1.23. The summed E-state index contributed by atoms with van der Waals surface area (Å²) in [6.07, 6.45) is 6.33. The zero-order chi connectivity index (χ0) is 15.4. The molecule has 0 unspecified atom stereocenters. The first kappa shape index (κ1) is 15.7. The Morgan fingerprint density at radius 3 is 3.00 bits per heavy atom. The minimum atomic E-state index is 0.512. The number of thiophene rings is 1. The number of hydrogen-bond acceptors (Lipinski definition) is 4. The third kappa shape index (κ3) is 3.75. The van der Waals surface area contributed by atoms with Crippen molar-refractivity contribution in [3.05, 3.63) is 52.5 Å². The molecule has 3 rings (SSSR count). The summed E-state index contributed by atoms with van der Waals surface area (Å²) in [5.74, 6) is 0.697. The lowest BCUT2D eigenvalue weighted by atomic mass is 9.94. The highest BCUT2D eigenvalue weighted by molar-refractivity contribution is 7.09. The van der Waals surface area contributed by atoms with Crippen molar-refractivity contribution in [1.29, 1.82) is 0 Å². The van der Waals surface area contributed by atoms with Gasteiger partial charge in [0.05, 0.1) is 0 Å². The predicted octanol–water partition coefficient (Wildman–Crippen LogP) is 3.31. The van der Waals surface area contributed by atoms with Crippen LogP contribution in [0, 0.1) is 5.92 Å². The number of aromatic nitrogens is 1. The monoisotopic (exact) mass is 315 g/mol. The summed E-state index contributed by atoms with van der Waals surface area (Å²) in [4.78, 5) is 10.8. The lowest BCUT2D eigenvalue weighted by molar-refractivity contribution is 0.219. The fraction of sp³-hybridized carbons (Fsp3) is 0.500. The standard InChI is InChI=1S/C18H25N3S/c1-20(10-8-17-6-4-12-22-17)14-16-7-11-21(2)18(16)15-5-3-9-19-13-15/h3-6,9,12-13,16,18H,7-8,10-11,14H2,1-2H3/t16-,18-/m0/s1. The van der Waals surface area contributed by atoms with Crippen molar-refractivity contribution >= 4 is 11.3 Å². The van der Waals surface area contributed by atoms with Crippen molar-refractivity contribution in [2.45, 2.75) is 18.9 Å². The Morgan fingerprint density at radius 2 is 2.27 bits per heavy atom. The van der Waals surface area contributed by atoms with Crippen molar-refractivity contribution in [3.63, 3.8) is 0 Å². The third-order valence-corrected chi connectivity index (χ3v) is 5.60. The first-order chi connectivity index (χ1) is 10.7. The summed E-state index contributed by atoms with van der Waals surface area (Å²) in [6, 6.07) is 9.17. The van der Waals surface area contributed by atoms with Crippen LogP contribution in [0.5, 0.6) is 0 Å². The van der Waals surface area contributed by atoms with E-state index in [0.717, 1.165) is 19.5 Å². The van der Waals surface area contributed by atoms with Gasteiger partial charge in [-0.2, -0.15) is 0 Å². The van der Waals surface area contributed by atoms with Crippen LogP contribution < -0.4 is 0 Å². The predicted molar refractivity (Wildman–Crippen MR) is 93.2 cm³/mol. The number of likely N-dealkylation sites (tertiary alicyclic amines) is 1. The van der Waals surface area contributed by atoms with Crippen LogP contribution >= 0.6 is 11.3 Å². The number of rotatable bonds is 6. The quantitative estimate of drug-likeness (QED) is 0.815. The molecule has 1 saturated heterocycles. The van der Waals surface area contributed by atoms with Crippen LogP contribution in [-0.2, 0) is 6.42 Å². The zero-order valence-electron chi connectivity index (χ0n) is 13.5. The van der Waals surface area contributed by atoms with Gasteiger partial charge in [0, 0.05) is 36.4 Å². The lowest BCUT2D eigenvalue weighted by Crippen LogP contribution is -2.31. The molecule has 2 atom stereocenters. The van der Waals surface area contributed by atoms with Gasteiger partial charge in [-0.15, -0.1) is 11.3 Å². The van der Waals surface area contributed by atoms with Gasteiger partial charge in [-0.25, -0.2) is 0 Å². The van der Waals surface area contributed by atoms with Crippen LogP contribution in [0.25, 0.3) is 0 Å². The van der Waals surface area contributed by atoms with Gasteiger partial charge in [0.15, 0.2) is 0 Å². The van der Waals surface area contributed by atoms with E-state index in [1.807, 2.05) is 23.7 Å². The highest BCUT2D eigenvalue weighted by Gasteiger charge is 2.33. The molecule has 22 heavy (non-hydrogen) atoms. The largest absolute Gasteiger partial charge is 0.306 e. The lowest BCUT2D eigenvalue weighted by Gasteiger charge is -2.28. The molecular weight excluding hydrogens is 290 g/mol. The zero-order valence-corrected chi connectivity index (χ0v) is 14.3. The molecule has 1 fully saturated rings. The summed E-state index contributed by atoms with van der Waals surface area (Å²) < 4.78 is 0. The first-order valence-corrected chi connectivity index (χ1v) is 8.93. The van der Waals surface area contributed by atoms with Gasteiger partial charge in [-0.3, -0.25) is 9.88 Å². The summed E-state index contributed by atoms with van der Waals surface area (Å²) >= 11 is 1.86. The molecule has 0 aliphatic carbocycles. The molecule has 2 aromatic heterocycles. The first-order valence-electron chi connectivity index (χ1n) is 8.05. The van der Waals surface area contributed by atoms with Gasteiger partial charge >= 0.3 is 0 Å². The van der Waals surface area contributed by atoms with Gasteiger partial charge in [-0.1, -0.05) is 12.1 Å². The highest BCUT2D eigenvalue weighted by atomic mass is 32.1. The average molecular weight is 315 g/mol. The second kappa shape index (κ2) is 7.36. The second-order valence-corrected chi connectivity index (χ2v) is 7.38. The average Bonchev–Trinajstić information content (AvgIpc) is 3.16. The summed E-state index contributed by atoms with van der Waals surface area (Å²) in [5, 5.41) is 2.17. The van der Waals surface area contributed by atoms with E-state index in [9.17, 15) is 0 Å². The van der Waals surface area contributed by atoms with Gasteiger partial charge < -0.3 is 4.90 Å². The molecule has 3 heterocycles. The van der Waals surface area contributed by atoms with Crippen LogP contribution in [0.1, 0.15) is 22.9 Å². The number of nitrogens with zero attached hydrogens (tertiary/aromatic N) is 3. The summed E-state index contributed by atoms with van der Waals surface area (Å²) in [7, 11) is 4.50. The van der Waals surface area contributed by atoms with Gasteiger partial charge in [0.1, 0.15) is 0 Å². The number of pyridine rings is 1. The van der Waals surface area contributed by atoms with E-state index in [4.69, 9.17) is 0 Å². The minimum absolute atomic E-state index is 0.512. The van der Waals surface area contributed by atoms with Crippen LogP contribution in [0.3, 0.4) is 0 Å². The van der Waals surface area contributed by atoms with E-state index in [1.54, 1.807) is 0 Å². The SMILES string of the molecule is CN(CCc1cccs1)C[C@@H]1CCN(C)[C@H]1c1cccnc1. The highest BCUT2D eigenvalue weighted by Crippen LogP contribution is 2.36. The summed E-state index contributed by atoms with van der Waals surface area (Å²) in [5.41, 5.74) is 1.36. The molecule has 1 aliphatic heterocycles. The molecule has 0 spiro atoms. The van der Waals surface area contributed by atoms with Crippen LogP contribution in [-0.4, -0.2) is 48.5 Å². The second-order valence-electron chi connectivity index (χ2n) is 6.35. The van der Waals surface area contributed by atoms with E-state index in [0.29, 0.717) is 12.0 Å². The molecule has 0 aromatic carbocycles. The Labute approximate surface area is 137 Å². The maximum absolute atomic E-state index is 4.31. The van der Waals surface area contributed by atoms with E-state index >= 15 is 0 Å². The smallest absolute Gasteiger partial charge is 0.0401 e. The molecule has 0 bridgehead atoms. The fourth-order valence-corrected chi connectivity index (χ4v) is 4.24. The fourth-order valence-electron chi connectivity index (χ4n) is 3.54. The van der Waals surface area contributed by atoms with Gasteiger partial charge in [0.2, 0.25) is 0 Å². The Kier molecular flexibility index (Phi) is 5.24. The normalized spacial score (nSPS) is 22.5. The van der Waals surface area contributed by atoms with Crippen LogP contribution in [0.15, 0.2) is 42.0 Å². The molecule has 2 aromatic rings. The van der Waals surface area contributed by atoms with E-state index in [1.165, 1.54) is 23.4 Å². The van der Waals surface area contributed by atoms with Crippen LogP contribution in [0.4, 0.5) is 0 Å². The van der Waals surface area contributed by atoms with Gasteiger partial charge in [0.25, 0.3) is 0 Å². The van der Waals surface area contributed by atoms with Crippen molar-refractivity contribution in [1.82, 2.24) is 14.8 Å². The summed E-state index contributed by atoms with van der Waals surface area (Å²) in [6.45, 7) is 3.48. The number of likely N-dealkylation sites (N-methyl/N-ethyl adjacent to an activating group) is 1. The molecule has 3 nitrogen and oxygen atoms in total. The third-order valence-electron chi connectivity index (χ3n) is 4.67. The Morgan fingerprint density at radius 1 is 1.36 bits per heavy atom. The maximum atomic E-state index is 4.31. The van der Waals surface area contributed by atoms with E-state index < -0.39 is 0 Å². The van der Waals surface area contributed by atoms with Crippen molar-refractivity contribution in [2.24, 2.45) is 5.92 Å². The molecular formula is C18H25N3S. The topological polar surface area (TPSA) is 19.4 Å². The minimum Gasteiger partial charge on any atom is -0.306 e. The van der Waals surface area contributed by atoms with Crippen LogP contribution in [0.2, 0.25) is 0 Å². The van der Waals surface area contributed by atoms with Crippen molar-refractivity contribution < 1.29 is 0 Å². The van der Waals surface area contributed by atoms with E-state index in [2.05, 4.69) is 58.5 Å². The van der Waals surface area contributed by atoms with Crippen molar-refractivity contribution in [3.8, 4) is 0 Å². The molecule has 0 amide bonds. The molecule has 0 radical (unpaired) electrons. The maximum Gasteiger partial charge on any atom is 0.0401 e.